The fourth-order valence-corrected chi connectivity index (χ4v) is 3.13. The summed E-state index contributed by atoms with van der Waals surface area (Å²) in [5.74, 6) is 0.576. The van der Waals surface area contributed by atoms with E-state index >= 15 is 0 Å². The van der Waals surface area contributed by atoms with Crippen LogP contribution in [0.2, 0.25) is 0 Å². The molecule has 2 aromatic rings. The van der Waals surface area contributed by atoms with Gasteiger partial charge < -0.3 is 10.2 Å². The molecule has 1 atom stereocenters. The Bertz CT molecular complexity index is 724. The van der Waals surface area contributed by atoms with Gasteiger partial charge in [-0.25, -0.2) is 9.78 Å². The number of fused-ring (bicyclic) bond motifs is 1. The van der Waals surface area contributed by atoms with Crippen LogP contribution in [0.5, 0.6) is 0 Å². The molecule has 2 aliphatic rings. The standard InChI is InChI=1S/C18H20N4O/c1-12-10-13-4-2-3-5-16(13)22(12)15-8-9-17(19-11-15)21-18(23)20-14-6-7-14/h2-5,8-9,11-12,14H,6-7,10H2,1H3,(H2,19,20,21,23). The monoisotopic (exact) mass is 308 g/mol. The van der Waals surface area contributed by atoms with Crippen molar-refractivity contribution in [2.24, 2.45) is 0 Å². The number of para-hydroxylation sites is 1. The number of nitrogens with one attached hydrogen (secondary N) is 2. The van der Waals surface area contributed by atoms with Gasteiger partial charge in [0, 0.05) is 17.8 Å². The molecule has 2 N–H and O–H groups in total. The molecule has 2 amide bonds. The number of nitrogens with zero attached hydrogens (tertiary/aromatic N) is 2. The van der Waals surface area contributed by atoms with Gasteiger partial charge in [0.25, 0.3) is 0 Å². The van der Waals surface area contributed by atoms with Crippen molar-refractivity contribution in [1.82, 2.24) is 10.3 Å². The van der Waals surface area contributed by atoms with Crippen molar-refractivity contribution in [3.05, 3.63) is 48.2 Å². The van der Waals surface area contributed by atoms with Crippen molar-refractivity contribution in [2.45, 2.75) is 38.3 Å². The fourth-order valence-electron chi connectivity index (χ4n) is 3.13. The molecule has 5 nitrogen and oxygen atoms in total. The highest BCUT2D eigenvalue weighted by Crippen LogP contribution is 2.37. The average molecular weight is 308 g/mol. The van der Waals surface area contributed by atoms with Crippen molar-refractivity contribution < 1.29 is 4.79 Å². The first kappa shape index (κ1) is 14.1. The molecule has 0 radical (unpaired) electrons. The van der Waals surface area contributed by atoms with Crippen molar-refractivity contribution in [2.75, 3.05) is 10.2 Å². The highest BCUT2D eigenvalue weighted by Gasteiger charge is 2.27. The van der Waals surface area contributed by atoms with Crippen molar-refractivity contribution in [1.29, 1.82) is 0 Å². The van der Waals surface area contributed by atoms with E-state index in [0.29, 0.717) is 17.9 Å². The Kier molecular flexibility index (Phi) is 3.41. The second-order valence-electron chi connectivity index (χ2n) is 6.33. The second kappa shape index (κ2) is 5.57. The summed E-state index contributed by atoms with van der Waals surface area (Å²) in [5.41, 5.74) is 3.66. The lowest BCUT2D eigenvalue weighted by Crippen LogP contribution is -2.30. The Labute approximate surface area is 135 Å². The van der Waals surface area contributed by atoms with Crippen molar-refractivity contribution >= 4 is 23.2 Å². The number of amides is 2. The Morgan fingerprint density at radius 2 is 2.04 bits per heavy atom. The summed E-state index contributed by atoms with van der Waals surface area (Å²) in [6, 6.07) is 12.9. The van der Waals surface area contributed by atoms with Crippen LogP contribution in [0.15, 0.2) is 42.6 Å². The predicted octanol–water partition coefficient (Wildman–Crippen LogP) is 3.45. The van der Waals surface area contributed by atoms with E-state index in [-0.39, 0.29) is 6.03 Å². The lowest BCUT2D eigenvalue weighted by molar-refractivity contribution is 0.251. The van der Waals surface area contributed by atoms with Crippen LogP contribution >= 0.6 is 0 Å². The molecule has 0 saturated heterocycles. The van der Waals surface area contributed by atoms with Gasteiger partial charge in [0.05, 0.1) is 11.9 Å². The summed E-state index contributed by atoms with van der Waals surface area (Å²) in [4.78, 5) is 18.4. The number of carbonyl (C=O) groups excluding carboxylic acids is 1. The minimum Gasteiger partial charge on any atom is -0.337 e. The SMILES string of the molecule is CC1Cc2ccccc2N1c1ccc(NC(=O)NC2CC2)nc1. The maximum atomic E-state index is 11.7. The maximum Gasteiger partial charge on any atom is 0.320 e. The van der Waals surface area contributed by atoms with Gasteiger partial charge in [-0.2, -0.15) is 0 Å². The summed E-state index contributed by atoms with van der Waals surface area (Å²) >= 11 is 0. The van der Waals surface area contributed by atoms with Gasteiger partial charge in [-0.3, -0.25) is 5.32 Å². The third-order valence-electron chi connectivity index (χ3n) is 4.39. The minimum atomic E-state index is -0.173. The highest BCUT2D eigenvalue weighted by atomic mass is 16.2. The number of rotatable bonds is 3. The molecular weight excluding hydrogens is 288 g/mol. The summed E-state index contributed by atoms with van der Waals surface area (Å²) in [6.07, 6.45) is 5.02. The largest absolute Gasteiger partial charge is 0.337 e. The number of anilines is 3. The maximum absolute atomic E-state index is 11.7. The molecule has 118 valence electrons. The van der Waals surface area contributed by atoms with E-state index in [2.05, 4.69) is 51.7 Å². The van der Waals surface area contributed by atoms with E-state index in [0.717, 1.165) is 24.9 Å². The molecule has 4 rings (SSSR count). The first-order chi connectivity index (χ1) is 11.2. The van der Waals surface area contributed by atoms with Crippen LogP contribution in [-0.4, -0.2) is 23.1 Å². The molecule has 2 heterocycles. The second-order valence-corrected chi connectivity index (χ2v) is 6.33. The van der Waals surface area contributed by atoms with Gasteiger partial charge in [0.2, 0.25) is 0 Å². The minimum absolute atomic E-state index is 0.173. The molecule has 5 heteroatoms. The van der Waals surface area contributed by atoms with E-state index in [1.165, 1.54) is 11.3 Å². The topological polar surface area (TPSA) is 57.3 Å². The van der Waals surface area contributed by atoms with Crippen LogP contribution in [0.1, 0.15) is 25.3 Å². The molecule has 0 bridgehead atoms. The van der Waals surface area contributed by atoms with Crippen LogP contribution in [0.3, 0.4) is 0 Å². The number of carbonyl (C=O) groups is 1. The number of pyridine rings is 1. The fraction of sp³-hybridized carbons (Fsp3) is 0.333. The van der Waals surface area contributed by atoms with E-state index < -0.39 is 0 Å². The smallest absolute Gasteiger partial charge is 0.320 e. The highest BCUT2D eigenvalue weighted by molar-refractivity contribution is 5.88. The molecule has 1 aliphatic heterocycles. The first-order valence-electron chi connectivity index (χ1n) is 8.11. The van der Waals surface area contributed by atoms with Gasteiger partial charge in [-0.05, 0) is 49.9 Å². The summed E-state index contributed by atoms with van der Waals surface area (Å²) in [7, 11) is 0. The normalized spacial score (nSPS) is 19.3. The van der Waals surface area contributed by atoms with Crippen LogP contribution in [0, 0.1) is 0 Å². The zero-order chi connectivity index (χ0) is 15.8. The zero-order valence-electron chi connectivity index (χ0n) is 13.1. The lowest BCUT2D eigenvalue weighted by Gasteiger charge is -2.24. The third-order valence-corrected chi connectivity index (χ3v) is 4.39. The van der Waals surface area contributed by atoms with Crippen molar-refractivity contribution in [3.8, 4) is 0 Å². The quantitative estimate of drug-likeness (QED) is 0.913. The third kappa shape index (κ3) is 2.86. The number of hydrogen-bond donors (Lipinski definition) is 2. The summed E-state index contributed by atoms with van der Waals surface area (Å²) < 4.78 is 0. The van der Waals surface area contributed by atoms with E-state index in [1.54, 1.807) is 0 Å². The number of hydrogen-bond acceptors (Lipinski definition) is 3. The summed E-state index contributed by atoms with van der Waals surface area (Å²) in [5, 5.41) is 5.67. The first-order valence-corrected chi connectivity index (χ1v) is 8.11. The number of urea groups is 1. The molecule has 1 aromatic heterocycles. The van der Waals surface area contributed by atoms with E-state index in [9.17, 15) is 4.79 Å². The molecular formula is C18H20N4O. The molecule has 1 aliphatic carbocycles. The number of aromatic nitrogens is 1. The van der Waals surface area contributed by atoms with E-state index in [1.807, 2.05) is 18.3 Å². The Balaban J connectivity index is 1.50. The van der Waals surface area contributed by atoms with Crippen LogP contribution in [-0.2, 0) is 6.42 Å². The van der Waals surface area contributed by atoms with Gasteiger partial charge in [-0.15, -0.1) is 0 Å². The molecule has 1 saturated carbocycles. The molecule has 1 unspecified atom stereocenters. The van der Waals surface area contributed by atoms with Gasteiger partial charge in [-0.1, -0.05) is 18.2 Å². The number of benzene rings is 1. The van der Waals surface area contributed by atoms with Gasteiger partial charge in [0.15, 0.2) is 0 Å². The zero-order valence-corrected chi connectivity index (χ0v) is 13.1. The van der Waals surface area contributed by atoms with Crippen LogP contribution < -0.4 is 15.5 Å². The molecule has 23 heavy (non-hydrogen) atoms. The Morgan fingerprint density at radius 3 is 2.78 bits per heavy atom. The molecule has 0 spiro atoms. The predicted molar refractivity (Wildman–Crippen MR) is 91.2 cm³/mol. The van der Waals surface area contributed by atoms with Gasteiger partial charge in [0.1, 0.15) is 5.82 Å². The molecule has 1 aromatic carbocycles. The van der Waals surface area contributed by atoms with Gasteiger partial charge >= 0.3 is 6.03 Å². The summed E-state index contributed by atoms with van der Waals surface area (Å²) in [6.45, 7) is 2.22. The Morgan fingerprint density at radius 1 is 1.22 bits per heavy atom. The van der Waals surface area contributed by atoms with Crippen molar-refractivity contribution in [3.63, 3.8) is 0 Å². The van der Waals surface area contributed by atoms with Crippen LogP contribution in [0.25, 0.3) is 0 Å². The van der Waals surface area contributed by atoms with Crippen LogP contribution in [0.4, 0.5) is 22.0 Å². The average Bonchev–Trinajstić information content (AvgIpc) is 3.28. The Hall–Kier alpha value is -2.56. The lowest BCUT2D eigenvalue weighted by atomic mass is 10.1. The molecule has 1 fully saturated rings. The van der Waals surface area contributed by atoms with E-state index in [4.69, 9.17) is 0 Å².